The van der Waals surface area contributed by atoms with Gasteiger partial charge in [-0.2, -0.15) is 0 Å². The van der Waals surface area contributed by atoms with Gasteiger partial charge in [0.1, 0.15) is 5.75 Å². The zero-order valence-electron chi connectivity index (χ0n) is 13.0. The molecule has 0 aliphatic heterocycles. The predicted octanol–water partition coefficient (Wildman–Crippen LogP) is 1.57. The molecule has 0 atom stereocenters. The molecule has 0 radical (unpaired) electrons. The molecule has 0 bridgehead atoms. The maximum atomic E-state index is 12.0. The van der Waals surface area contributed by atoms with Gasteiger partial charge in [-0.1, -0.05) is 6.92 Å². The van der Waals surface area contributed by atoms with Crippen LogP contribution in [0.5, 0.6) is 5.75 Å². The normalized spacial score (nSPS) is 10.7. The zero-order valence-corrected chi connectivity index (χ0v) is 13.0. The monoisotopic (exact) mass is 295 g/mol. The van der Waals surface area contributed by atoms with Gasteiger partial charge in [0, 0.05) is 32.3 Å². The van der Waals surface area contributed by atoms with Gasteiger partial charge in [0.15, 0.2) is 0 Å². The molecule has 1 aromatic carbocycles. The van der Waals surface area contributed by atoms with Crippen molar-refractivity contribution in [3.8, 4) is 5.75 Å². The molecule has 0 saturated heterocycles. The molecule has 6 heteroatoms. The van der Waals surface area contributed by atoms with Crippen molar-refractivity contribution in [2.45, 2.75) is 13.3 Å². The molecule has 21 heavy (non-hydrogen) atoms. The molecule has 1 aromatic rings. The van der Waals surface area contributed by atoms with Gasteiger partial charge in [-0.3, -0.25) is 4.79 Å². The Morgan fingerprint density at radius 1 is 1.33 bits per heavy atom. The number of benzene rings is 1. The van der Waals surface area contributed by atoms with Crippen LogP contribution in [0.2, 0.25) is 0 Å². The van der Waals surface area contributed by atoms with Crippen molar-refractivity contribution in [1.82, 2.24) is 4.90 Å². The number of nitrogens with two attached hydrogens (primary N) is 1. The summed E-state index contributed by atoms with van der Waals surface area (Å²) in [6.45, 7) is 5.13. The van der Waals surface area contributed by atoms with Crippen LogP contribution in [0, 0.1) is 0 Å². The number of ether oxygens (including phenoxy) is 2. The highest BCUT2D eigenvalue weighted by molar-refractivity contribution is 5.93. The van der Waals surface area contributed by atoms with Crippen molar-refractivity contribution in [2.75, 3.05) is 51.5 Å². The molecule has 118 valence electrons. The molecule has 3 N–H and O–H groups in total. The van der Waals surface area contributed by atoms with Gasteiger partial charge in [-0.05, 0) is 24.7 Å². The second kappa shape index (κ2) is 9.20. The first-order valence-electron chi connectivity index (χ1n) is 7.05. The molecule has 0 spiro atoms. The fourth-order valence-corrected chi connectivity index (χ4v) is 1.94. The zero-order chi connectivity index (χ0) is 15.7. The number of rotatable bonds is 9. The van der Waals surface area contributed by atoms with E-state index in [1.165, 1.54) is 0 Å². The van der Waals surface area contributed by atoms with Crippen LogP contribution < -0.4 is 15.8 Å². The highest BCUT2D eigenvalue weighted by Gasteiger charge is 2.10. The highest BCUT2D eigenvalue weighted by atomic mass is 16.5. The third-order valence-corrected chi connectivity index (χ3v) is 3.21. The largest absolute Gasteiger partial charge is 0.495 e. The van der Waals surface area contributed by atoms with Crippen LogP contribution in [0.3, 0.4) is 0 Å². The number of nitrogen functional groups attached to an aromatic ring is 1. The van der Waals surface area contributed by atoms with Crippen molar-refractivity contribution in [2.24, 2.45) is 0 Å². The minimum Gasteiger partial charge on any atom is -0.495 e. The van der Waals surface area contributed by atoms with Crippen molar-refractivity contribution in [3.05, 3.63) is 18.2 Å². The molecule has 0 aliphatic carbocycles. The van der Waals surface area contributed by atoms with Gasteiger partial charge in [0.2, 0.25) is 5.91 Å². The summed E-state index contributed by atoms with van der Waals surface area (Å²) in [7, 11) is 3.23. The van der Waals surface area contributed by atoms with E-state index >= 15 is 0 Å². The third-order valence-electron chi connectivity index (χ3n) is 3.21. The minimum atomic E-state index is -0.0604. The summed E-state index contributed by atoms with van der Waals surface area (Å²) in [6.07, 6.45) is 0.412. The number of likely N-dealkylation sites (N-methyl/N-ethyl adjacent to an activating group) is 1. The number of methoxy groups -OCH3 is 2. The van der Waals surface area contributed by atoms with Crippen LogP contribution in [0.15, 0.2) is 18.2 Å². The lowest BCUT2D eigenvalue weighted by Gasteiger charge is -2.19. The molecule has 0 aromatic heterocycles. The lowest BCUT2D eigenvalue weighted by Crippen LogP contribution is -2.30. The Morgan fingerprint density at radius 3 is 2.71 bits per heavy atom. The first kappa shape index (κ1) is 17.3. The van der Waals surface area contributed by atoms with Gasteiger partial charge in [0.25, 0.3) is 0 Å². The van der Waals surface area contributed by atoms with Gasteiger partial charge in [0.05, 0.1) is 19.4 Å². The molecule has 0 fully saturated rings. The molecule has 1 amide bonds. The van der Waals surface area contributed by atoms with Crippen LogP contribution >= 0.6 is 0 Å². The summed E-state index contributed by atoms with van der Waals surface area (Å²) in [4.78, 5) is 14.2. The van der Waals surface area contributed by atoms with Crippen LogP contribution in [-0.4, -0.2) is 51.3 Å². The maximum absolute atomic E-state index is 12.0. The summed E-state index contributed by atoms with van der Waals surface area (Å²) in [5.74, 6) is 0.541. The van der Waals surface area contributed by atoms with E-state index in [1.807, 2.05) is 0 Å². The fraction of sp³-hybridized carbons (Fsp3) is 0.533. The second-order valence-corrected chi connectivity index (χ2v) is 4.68. The van der Waals surface area contributed by atoms with Crippen molar-refractivity contribution >= 4 is 17.3 Å². The van der Waals surface area contributed by atoms with E-state index in [0.717, 1.165) is 13.1 Å². The Bertz CT molecular complexity index is 452. The summed E-state index contributed by atoms with van der Waals surface area (Å²) in [6, 6.07) is 5.17. The number of carbonyl (C=O) groups excluding carboxylic acids is 1. The minimum absolute atomic E-state index is 0.0604. The number of amides is 1. The lowest BCUT2D eigenvalue weighted by molar-refractivity contribution is -0.116. The molecule has 6 nitrogen and oxygen atoms in total. The summed E-state index contributed by atoms with van der Waals surface area (Å²) in [5, 5.41) is 2.84. The Morgan fingerprint density at radius 2 is 2.10 bits per heavy atom. The van der Waals surface area contributed by atoms with Crippen LogP contribution in [0.4, 0.5) is 11.4 Å². The number of carbonyl (C=O) groups is 1. The SMILES string of the molecule is CCN(CCOC)CCC(=O)Nc1cc(N)ccc1OC. The first-order valence-corrected chi connectivity index (χ1v) is 7.05. The van der Waals surface area contributed by atoms with E-state index in [2.05, 4.69) is 17.1 Å². The van der Waals surface area contributed by atoms with Gasteiger partial charge >= 0.3 is 0 Å². The summed E-state index contributed by atoms with van der Waals surface area (Å²) in [5.41, 5.74) is 6.91. The molecule has 1 rings (SSSR count). The van der Waals surface area contributed by atoms with Crippen molar-refractivity contribution in [3.63, 3.8) is 0 Å². The average molecular weight is 295 g/mol. The molecule has 0 saturated carbocycles. The Labute approximate surface area is 126 Å². The quantitative estimate of drug-likeness (QED) is 0.676. The number of anilines is 2. The summed E-state index contributed by atoms with van der Waals surface area (Å²) >= 11 is 0. The predicted molar refractivity (Wildman–Crippen MR) is 84.6 cm³/mol. The topological polar surface area (TPSA) is 76.8 Å². The molecule has 0 unspecified atom stereocenters. The fourth-order valence-electron chi connectivity index (χ4n) is 1.94. The van der Waals surface area contributed by atoms with Gasteiger partial charge in [-0.15, -0.1) is 0 Å². The van der Waals surface area contributed by atoms with E-state index in [9.17, 15) is 4.79 Å². The highest BCUT2D eigenvalue weighted by Crippen LogP contribution is 2.26. The van der Waals surface area contributed by atoms with E-state index in [-0.39, 0.29) is 5.91 Å². The van der Waals surface area contributed by atoms with Crippen molar-refractivity contribution in [1.29, 1.82) is 0 Å². The molecule has 0 aliphatic rings. The Hall–Kier alpha value is -1.79. The van der Waals surface area contributed by atoms with E-state index < -0.39 is 0 Å². The van der Waals surface area contributed by atoms with Crippen LogP contribution in [-0.2, 0) is 9.53 Å². The smallest absolute Gasteiger partial charge is 0.225 e. The lowest BCUT2D eigenvalue weighted by atomic mass is 10.2. The van der Waals surface area contributed by atoms with E-state index in [0.29, 0.717) is 36.7 Å². The maximum Gasteiger partial charge on any atom is 0.225 e. The number of hydrogen-bond donors (Lipinski definition) is 2. The summed E-state index contributed by atoms with van der Waals surface area (Å²) < 4.78 is 10.3. The van der Waals surface area contributed by atoms with Crippen LogP contribution in [0.1, 0.15) is 13.3 Å². The van der Waals surface area contributed by atoms with E-state index in [1.54, 1.807) is 32.4 Å². The Kier molecular flexibility index (Phi) is 7.56. The standard InChI is InChI=1S/C15H25N3O3/c1-4-18(9-10-20-2)8-7-15(19)17-13-11-12(16)5-6-14(13)21-3/h5-6,11H,4,7-10,16H2,1-3H3,(H,17,19). The number of nitrogens with zero attached hydrogens (tertiary/aromatic N) is 1. The van der Waals surface area contributed by atoms with E-state index in [4.69, 9.17) is 15.2 Å². The molecule has 0 heterocycles. The van der Waals surface area contributed by atoms with Crippen LogP contribution in [0.25, 0.3) is 0 Å². The molecular formula is C15H25N3O3. The van der Waals surface area contributed by atoms with Gasteiger partial charge in [-0.25, -0.2) is 0 Å². The Balaban J connectivity index is 2.51. The average Bonchev–Trinajstić information content (AvgIpc) is 2.47. The second-order valence-electron chi connectivity index (χ2n) is 4.68. The van der Waals surface area contributed by atoms with Gasteiger partial charge < -0.3 is 25.4 Å². The third kappa shape index (κ3) is 6.01. The number of nitrogens with one attached hydrogen (secondary N) is 1. The number of hydrogen-bond acceptors (Lipinski definition) is 5. The van der Waals surface area contributed by atoms with Crippen molar-refractivity contribution < 1.29 is 14.3 Å². The first-order chi connectivity index (χ1) is 10.1. The molecular weight excluding hydrogens is 270 g/mol.